The monoisotopic (exact) mass is 363 g/mol. The van der Waals surface area contributed by atoms with E-state index in [4.69, 9.17) is 4.74 Å². The van der Waals surface area contributed by atoms with Crippen LogP contribution in [-0.2, 0) is 0 Å². The summed E-state index contributed by atoms with van der Waals surface area (Å²) in [6.45, 7) is 4.82. The molecule has 5 heteroatoms. The Morgan fingerprint density at radius 2 is 1.89 bits per heavy atom. The summed E-state index contributed by atoms with van der Waals surface area (Å²) < 4.78 is 5.67. The summed E-state index contributed by atoms with van der Waals surface area (Å²) in [6, 6.07) is 19.3. The molecule has 2 N–H and O–H groups in total. The van der Waals surface area contributed by atoms with Crippen molar-refractivity contribution in [3.05, 3.63) is 71.9 Å². The number of hydrogen-bond acceptors (Lipinski definition) is 3. The maximum absolute atomic E-state index is 12.5. The lowest BCUT2D eigenvalue weighted by atomic mass is 10.1. The highest BCUT2D eigenvalue weighted by atomic mass is 16.5. The normalized spacial score (nSPS) is 11.8. The molecular weight excluding hydrogens is 338 g/mol. The van der Waals surface area contributed by atoms with Crippen LogP contribution in [-0.4, -0.2) is 22.7 Å². The van der Waals surface area contributed by atoms with Crippen LogP contribution in [0.25, 0.3) is 11.3 Å². The third-order valence-electron chi connectivity index (χ3n) is 4.39. The van der Waals surface area contributed by atoms with Gasteiger partial charge in [-0.1, -0.05) is 43.7 Å². The second kappa shape index (κ2) is 9.03. The lowest BCUT2D eigenvalue weighted by Gasteiger charge is -2.13. The van der Waals surface area contributed by atoms with E-state index < -0.39 is 0 Å². The molecule has 0 aliphatic carbocycles. The van der Waals surface area contributed by atoms with E-state index in [1.54, 1.807) is 6.07 Å². The minimum absolute atomic E-state index is 0.0787. The summed E-state index contributed by atoms with van der Waals surface area (Å²) in [5, 5.41) is 10.1. The van der Waals surface area contributed by atoms with Gasteiger partial charge in [-0.3, -0.25) is 9.89 Å². The molecule has 27 heavy (non-hydrogen) atoms. The van der Waals surface area contributed by atoms with E-state index in [2.05, 4.69) is 22.4 Å². The van der Waals surface area contributed by atoms with Crippen molar-refractivity contribution in [1.82, 2.24) is 15.5 Å². The lowest BCUT2D eigenvalue weighted by Crippen LogP contribution is -2.26. The Labute approximate surface area is 159 Å². The van der Waals surface area contributed by atoms with E-state index in [0.717, 1.165) is 42.0 Å². The van der Waals surface area contributed by atoms with Gasteiger partial charge in [0.1, 0.15) is 11.4 Å². The van der Waals surface area contributed by atoms with Crippen molar-refractivity contribution in [2.45, 2.75) is 32.7 Å². The molecule has 2 aromatic carbocycles. The number of benzene rings is 2. The van der Waals surface area contributed by atoms with Gasteiger partial charge in [0.2, 0.25) is 0 Å². The number of rotatable bonds is 8. The van der Waals surface area contributed by atoms with Crippen LogP contribution in [0.15, 0.2) is 60.7 Å². The zero-order valence-corrected chi connectivity index (χ0v) is 15.7. The average Bonchev–Trinajstić information content (AvgIpc) is 3.20. The van der Waals surface area contributed by atoms with Crippen LogP contribution in [0, 0.1) is 0 Å². The van der Waals surface area contributed by atoms with E-state index in [9.17, 15) is 4.79 Å². The molecule has 0 aliphatic rings. The first-order chi connectivity index (χ1) is 13.2. The molecule has 1 amide bonds. The molecule has 0 saturated heterocycles. The molecule has 1 unspecified atom stereocenters. The van der Waals surface area contributed by atoms with Crippen molar-refractivity contribution in [3.8, 4) is 17.0 Å². The quantitative estimate of drug-likeness (QED) is 0.568. The number of nitrogens with zero attached hydrogens (tertiary/aromatic N) is 1. The number of carbonyl (C=O) groups is 1. The summed E-state index contributed by atoms with van der Waals surface area (Å²) in [7, 11) is 0. The number of ether oxygens (including phenoxy) is 1. The molecule has 0 bridgehead atoms. The van der Waals surface area contributed by atoms with E-state index in [-0.39, 0.29) is 11.9 Å². The first-order valence-corrected chi connectivity index (χ1v) is 9.32. The topological polar surface area (TPSA) is 67.0 Å². The first kappa shape index (κ1) is 18.7. The lowest BCUT2D eigenvalue weighted by molar-refractivity contribution is 0.0935. The summed E-state index contributed by atoms with van der Waals surface area (Å²) in [5.74, 6) is 0.669. The Kier molecular flexibility index (Phi) is 6.26. The number of aromatic nitrogens is 2. The number of nitrogens with one attached hydrogen (secondary N) is 2. The largest absolute Gasteiger partial charge is 0.494 e. The van der Waals surface area contributed by atoms with Gasteiger partial charge in [-0.25, -0.2) is 0 Å². The third-order valence-corrected chi connectivity index (χ3v) is 4.39. The minimum Gasteiger partial charge on any atom is -0.494 e. The molecule has 140 valence electrons. The molecule has 0 aliphatic heterocycles. The summed E-state index contributed by atoms with van der Waals surface area (Å²) >= 11 is 0. The van der Waals surface area contributed by atoms with Crippen molar-refractivity contribution in [2.24, 2.45) is 0 Å². The van der Waals surface area contributed by atoms with Crippen molar-refractivity contribution >= 4 is 5.91 Å². The van der Waals surface area contributed by atoms with E-state index in [0.29, 0.717) is 5.69 Å². The van der Waals surface area contributed by atoms with E-state index >= 15 is 0 Å². The van der Waals surface area contributed by atoms with Gasteiger partial charge < -0.3 is 10.1 Å². The van der Waals surface area contributed by atoms with Crippen molar-refractivity contribution in [3.63, 3.8) is 0 Å². The Balaban J connectivity index is 1.63. The molecule has 0 radical (unpaired) electrons. The second-order valence-corrected chi connectivity index (χ2v) is 6.50. The molecule has 5 nitrogen and oxygen atoms in total. The Hall–Kier alpha value is -3.08. The molecule has 1 aromatic heterocycles. The molecule has 0 fully saturated rings. The zero-order chi connectivity index (χ0) is 19.1. The van der Waals surface area contributed by atoms with Crippen molar-refractivity contribution in [2.75, 3.05) is 6.61 Å². The summed E-state index contributed by atoms with van der Waals surface area (Å²) in [6.07, 6.45) is 2.15. The van der Waals surface area contributed by atoms with Crippen LogP contribution in [0.4, 0.5) is 0 Å². The highest BCUT2D eigenvalue weighted by molar-refractivity contribution is 5.93. The third kappa shape index (κ3) is 4.97. The summed E-state index contributed by atoms with van der Waals surface area (Å²) in [5.41, 5.74) is 3.16. The fourth-order valence-corrected chi connectivity index (χ4v) is 2.74. The number of hydrogen-bond donors (Lipinski definition) is 2. The minimum atomic E-state index is -0.176. The van der Waals surface area contributed by atoms with Crippen LogP contribution in [0.3, 0.4) is 0 Å². The van der Waals surface area contributed by atoms with E-state index in [1.807, 2.05) is 61.5 Å². The molecule has 0 spiro atoms. The highest BCUT2D eigenvalue weighted by Gasteiger charge is 2.14. The number of H-pyrrole nitrogens is 1. The highest BCUT2D eigenvalue weighted by Crippen LogP contribution is 2.22. The predicted octanol–water partition coefficient (Wildman–Crippen LogP) is 4.75. The van der Waals surface area contributed by atoms with Crippen LogP contribution in [0.1, 0.15) is 48.8 Å². The van der Waals surface area contributed by atoms with Gasteiger partial charge in [0.15, 0.2) is 0 Å². The molecule has 1 atom stereocenters. The van der Waals surface area contributed by atoms with Crippen molar-refractivity contribution in [1.29, 1.82) is 0 Å². The van der Waals surface area contributed by atoms with Crippen LogP contribution >= 0.6 is 0 Å². The second-order valence-electron chi connectivity index (χ2n) is 6.50. The zero-order valence-electron chi connectivity index (χ0n) is 15.7. The fraction of sp³-hybridized carbons (Fsp3) is 0.273. The molecule has 3 rings (SSSR count). The SMILES string of the molecule is CCCCOc1ccc(-c2cc(C(=O)NC(C)c3ccccc3)[nH]n2)cc1. The Morgan fingerprint density at radius 3 is 2.59 bits per heavy atom. The standard InChI is InChI=1S/C22H25N3O2/c1-3-4-14-27-19-12-10-18(11-13-19)20-15-21(25-24-20)22(26)23-16(2)17-8-6-5-7-9-17/h5-13,15-16H,3-4,14H2,1-2H3,(H,23,26)(H,24,25). The van der Waals surface area contributed by atoms with Gasteiger partial charge in [-0.15, -0.1) is 0 Å². The number of aromatic amines is 1. The fourth-order valence-electron chi connectivity index (χ4n) is 2.74. The van der Waals surface area contributed by atoms with Gasteiger partial charge in [0.25, 0.3) is 5.91 Å². The molecule has 3 aromatic rings. The van der Waals surface area contributed by atoms with Crippen LogP contribution in [0.5, 0.6) is 5.75 Å². The van der Waals surface area contributed by atoms with Gasteiger partial charge in [0, 0.05) is 5.56 Å². The average molecular weight is 363 g/mol. The van der Waals surface area contributed by atoms with Gasteiger partial charge in [-0.2, -0.15) is 5.10 Å². The molecular formula is C22H25N3O2. The Morgan fingerprint density at radius 1 is 1.15 bits per heavy atom. The number of carbonyl (C=O) groups excluding carboxylic acids is 1. The van der Waals surface area contributed by atoms with Crippen molar-refractivity contribution < 1.29 is 9.53 Å². The maximum atomic E-state index is 12.5. The van der Waals surface area contributed by atoms with Crippen LogP contribution in [0.2, 0.25) is 0 Å². The van der Waals surface area contributed by atoms with E-state index in [1.165, 1.54) is 0 Å². The molecule has 0 saturated carbocycles. The maximum Gasteiger partial charge on any atom is 0.269 e. The van der Waals surface area contributed by atoms with Crippen LogP contribution < -0.4 is 10.1 Å². The Bertz CT molecular complexity index is 857. The van der Waals surface area contributed by atoms with Gasteiger partial charge >= 0.3 is 0 Å². The number of amides is 1. The first-order valence-electron chi connectivity index (χ1n) is 9.32. The smallest absolute Gasteiger partial charge is 0.269 e. The number of unbranched alkanes of at least 4 members (excludes halogenated alkanes) is 1. The van der Waals surface area contributed by atoms with Gasteiger partial charge in [0.05, 0.1) is 18.3 Å². The van der Waals surface area contributed by atoms with Gasteiger partial charge in [-0.05, 0) is 49.2 Å². The predicted molar refractivity (Wildman–Crippen MR) is 107 cm³/mol. The molecule has 1 heterocycles. The summed E-state index contributed by atoms with van der Waals surface area (Å²) in [4.78, 5) is 12.5.